The lowest BCUT2D eigenvalue weighted by Gasteiger charge is -2.34. The van der Waals surface area contributed by atoms with Crippen molar-refractivity contribution in [3.05, 3.63) is 21.9 Å². The van der Waals surface area contributed by atoms with E-state index < -0.39 is 5.60 Å². The van der Waals surface area contributed by atoms with E-state index in [0.29, 0.717) is 5.92 Å². The van der Waals surface area contributed by atoms with Gasteiger partial charge in [-0.25, -0.2) is 4.79 Å². The Morgan fingerprint density at radius 1 is 1.33 bits per heavy atom. The standard InChI is InChI=1S/C20H34N4O2S/c1-6-16-9-10-17(27-16)13-23-18(21-5)22-12-15-8-7-11-24(14-15)19(25)26-20(2,3)4/h9-10,15H,6-8,11-14H2,1-5H3,(H2,21,22,23). The van der Waals surface area contributed by atoms with Crippen molar-refractivity contribution in [1.82, 2.24) is 15.5 Å². The minimum absolute atomic E-state index is 0.209. The molecule has 1 amide bonds. The first kappa shape index (κ1) is 21.5. The van der Waals surface area contributed by atoms with Crippen LogP contribution in [0.15, 0.2) is 17.1 Å². The van der Waals surface area contributed by atoms with Gasteiger partial charge in [0.2, 0.25) is 0 Å². The van der Waals surface area contributed by atoms with Crippen LogP contribution in [0.5, 0.6) is 0 Å². The van der Waals surface area contributed by atoms with Crippen molar-refractivity contribution in [3.8, 4) is 0 Å². The van der Waals surface area contributed by atoms with Crippen LogP contribution in [0.2, 0.25) is 0 Å². The number of carbonyl (C=O) groups excluding carboxylic acids is 1. The predicted molar refractivity (Wildman–Crippen MR) is 112 cm³/mol. The van der Waals surface area contributed by atoms with E-state index in [1.165, 1.54) is 9.75 Å². The van der Waals surface area contributed by atoms with Gasteiger partial charge in [-0.05, 0) is 58.1 Å². The van der Waals surface area contributed by atoms with Gasteiger partial charge >= 0.3 is 6.09 Å². The van der Waals surface area contributed by atoms with Crippen molar-refractivity contribution >= 4 is 23.4 Å². The van der Waals surface area contributed by atoms with Gasteiger partial charge in [-0.3, -0.25) is 4.99 Å². The predicted octanol–water partition coefficient (Wildman–Crippen LogP) is 3.62. The molecule has 2 rings (SSSR count). The molecule has 2 N–H and O–H groups in total. The van der Waals surface area contributed by atoms with Crippen LogP contribution in [0.4, 0.5) is 4.79 Å². The summed E-state index contributed by atoms with van der Waals surface area (Å²) < 4.78 is 5.50. The van der Waals surface area contributed by atoms with Gasteiger partial charge in [0.1, 0.15) is 5.60 Å². The molecule has 1 aliphatic rings. The number of hydrogen-bond donors (Lipinski definition) is 2. The number of amides is 1. The number of carbonyl (C=O) groups is 1. The molecule has 152 valence electrons. The minimum Gasteiger partial charge on any atom is -0.444 e. The van der Waals surface area contributed by atoms with Gasteiger partial charge in [-0.1, -0.05) is 6.92 Å². The van der Waals surface area contributed by atoms with Gasteiger partial charge in [0.05, 0.1) is 6.54 Å². The molecule has 1 saturated heterocycles. The molecule has 27 heavy (non-hydrogen) atoms. The van der Waals surface area contributed by atoms with E-state index in [0.717, 1.165) is 51.4 Å². The third-order valence-electron chi connectivity index (χ3n) is 4.45. The normalized spacial score (nSPS) is 18.3. The van der Waals surface area contributed by atoms with Gasteiger partial charge in [-0.15, -0.1) is 11.3 Å². The molecule has 0 aromatic carbocycles. The fourth-order valence-electron chi connectivity index (χ4n) is 3.06. The number of nitrogens with zero attached hydrogens (tertiary/aromatic N) is 2. The number of hydrogen-bond acceptors (Lipinski definition) is 4. The number of rotatable bonds is 5. The molecule has 0 aliphatic carbocycles. The summed E-state index contributed by atoms with van der Waals surface area (Å²) in [5, 5.41) is 6.77. The first-order chi connectivity index (χ1) is 12.8. The molecule has 0 bridgehead atoms. The van der Waals surface area contributed by atoms with Crippen molar-refractivity contribution in [3.63, 3.8) is 0 Å². The third-order valence-corrected chi connectivity index (χ3v) is 5.68. The van der Waals surface area contributed by atoms with E-state index >= 15 is 0 Å². The van der Waals surface area contributed by atoms with Gasteiger partial charge in [0.15, 0.2) is 5.96 Å². The Balaban J connectivity index is 1.77. The number of aryl methyl sites for hydroxylation is 1. The summed E-state index contributed by atoms with van der Waals surface area (Å²) in [7, 11) is 1.79. The molecule has 1 unspecified atom stereocenters. The number of ether oxygens (including phenoxy) is 1. The third kappa shape index (κ3) is 7.40. The Labute approximate surface area is 167 Å². The molecule has 2 heterocycles. The Morgan fingerprint density at radius 2 is 2.07 bits per heavy atom. The molecular formula is C20H34N4O2S. The van der Waals surface area contributed by atoms with E-state index in [1.807, 2.05) is 37.0 Å². The van der Waals surface area contributed by atoms with Crippen molar-refractivity contribution < 1.29 is 9.53 Å². The molecule has 1 aliphatic heterocycles. The zero-order valence-electron chi connectivity index (χ0n) is 17.3. The van der Waals surface area contributed by atoms with Crippen LogP contribution in [0.3, 0.4) is 0 Å². The molecule has 1 aromatic rings. The Morgan fingerprint density at radius 3 is 2.70 bits per heavy atom. The Kier molecular flexibility index (Phi) is 7.95. The number of thiophene rings is 1. The van der Waals surface area contributed by atoms with Crippen LogP contribution >= 0.6 is 11.3 Å². The molecular weight excluding hydrogens is 360 g/mol. The lowest BCUT2D eigenvalue weighted by atomic mass is 9.98. The summed E-state index contributed by atoms with van der Waals surface area (Å²) in [6, 6.07) is 4.36. The second kappa shape index (κ2) is 9.97. The number of piperidine rings is 1. The number of aliphatic imine (C=N–C) groups is 1. The molecule has 1 fully saturated rings. The van der Waals surface area contributed by atoms with Crippen LogP contribution in [0.1, 0.15) is 50.3 Å². The maximum Gasteiger partial charge on any atom is 0.410 e. The number of likely N-dealkylation sites (tertiary alicyclic amines) is 1. The second-order valence-corrected chi connectivity index (χ2v) is 9.22. The SMILES string of the molecule is CCc1ccc(CNC(=NC)NCC2CCCN(C(=O)OC(C)(C)C)C2)s1. The van der Waals surface area contributed by atoms with Crippen molar-refractivity contribution in [2.24, 2.45) is 10.9 Å². The highest BCUT2D eigenvalue weighted by Gasteiger charge is 2.27. The topological polar surface area (TPSA) is 66.0 Å². The highest BCUT2D eigenvalue weighted by atomic mass is 32.1. The molecule has 0 radical (unpaired) electrons. The Hall–Kier alpha value is -1.76. The van der Waals surface area contributed by atoms with Crippen LogP contribution in [-0.2, 0) is 17.7 Å². The smallest absolute Gasteiger partial charge is 0.410 e. The molecule has 0 spiro atoms. The number of nitrogens with one attached hydrogen (secondary N) is 2. The zero-order chi connectivity index (χ0) is 19.9. The quantitative estimate of drug-likeness (QED) is 0.591. The average Bonchev–Trinajstić information content (AvgIpc) is 3.09. The highest BCUT2D eigenvalue weighted by Crippen LogP contribution is 2.19. The van der Waals surface area contributed by atoms with Gasteiger partial charge in [-0.2, -0.15) is 0 Å². The minimum atomic E-state index is -0.451. The highest BCUT2D eigenvalue weighted by molar-refractivity contribution is 7.11. The van der Waals surface area contributed by atoms with Crippen molar-refractivity contribution in [2.75, 3.05) is 26.7 Å². The summed E-state index contributed by atoms with van der Waals surface area (Å²) in [6.45, 7) is 11.0. The van der Waals surface area contributed by atoms with E-state index in [-0.39, 0.29) is 6.09 Å². The summed E-state index contributed by atoms with van der Waals surface area (Å²) in [5.74, 6) is 1.20. The van der Waals surface area contributed by atoms with Crippen molar-refractivity contribution in [1.29, 1.82) is 0 Å². The van der Waals surface area contributed by atoms with E-state index in [1.54, 1.807) is 7.05 Å². The van der Waals surface area contributed by atoms with E-state index in [4.69, 9.17) is 4.74 Å². The van der Waals surface area contributed by atoms with E-state index in [2.05, 4.69) is 34.7 Å². The summed E-state index contributed by atoms with van der Waals surface area (Å²) in [5.41, 5.74) is -0.451. The maximum atomic E-state index is 12.3. The summed E-state index contributed by atoms with van der Waals surface area (Å²) in [6.07, 6.45) is 2.98. The maximum absolute atomic E-state index is 12.3. The summed E-state index contributed by atoms with van der Waals surface area (Å²) >= 11 is 1.84. The van der Waals surface area contributed by atoms with Crippen LogP contribution < -0.4 is 10.6 Å². The first-order valence-electron chi connectivity index (χ1n) is 9.80. The monoisotopic (exact) mass is 394 g/mol. The molecule has 1 aromatic heterocycles. The molecule has 0 saturated carbocycles. The first-order valence-corrected chi connectivity index (χ1v) is 10.6. The van der Waals surface area contributed by atoms with E-state index in [9.17, 15) is 4.79 Å². The Bertz CT molecular complexity index is 636. The van der Waals surface area contributed by atoms with Crippen molar-refractivity contribution in [2.45, 2.75) is 59.1 Å². The van der Waals surface area contributed by atoms with Crippen LogP contribution in [0.25, 0.3) is 0 Å². The van der Waals surface area contributed by atoms with Gasteiger partial charge in [0, 0.05) is 36.4 Å². The largest absolute Gasteiger partial charge is 0.444 e. The average molecular weight is 395 g/mol. The molecule has 7 heteroatoms. The lowest BCUT2D eigenvalue weighted by molar-refractivity contribution is 0.0168. The van der Waals surface area contributed by atoms with Gasteiger partial charge in [0.25, 0.3) is 0 Å². The molecule has 6 nitrogen and oxygen atoms in total. The summed E-state index contributed by atoms with van der Waals surface area (Å²) in [4.78, 5) is 21.1. The zero-order valence-corrected chi connectivity index (χ0v) is 18.1. The van der Waals surface area contributed by atoms with Gasteiger partial charge < -0.3 is 20.3 Å². The fraction of sp³-hybridized carbons (Fsp3) is 0.700. The van der Waals surface area contributed by atoms with Crippen LogP contribution in [-0.4, -0.2) is 49.2 Å². The fourth-order valence-corrected chi connectivity index (χ4v) is 3.96. The number of guanidine groups is 1. The second-order valence-electron chi connectivity index (χ2n) is 7.96. The lowest BCUT2D eigenvalue weighted by Crippen LogP contribution is -2.47. The van der Waals surface area contributed by atoms with Crippen LogP contribution in [0, 0.1) is 5.92 Å². The molecule has 1 atom stereocenters.